The second-order valence-electron chi connectivity index (χ2n) is 8.38. The summed E-state index contributed by atoms with van der Waals surface area (Å²) in [5.41, 5.74) is 2.88. The van der Waals surface area contributed by atoms with Gasteiger partial charge in [0.25, 0.3) is 0 Å². The highest BCUT2D eigenvalue weighted by Crippen LogP contribution is 2.30. The third kappa shape index (κ3) is 4.84. The van der Waals surface area contributed by atoms with E-state index < -0.39 is 15.8 Å². The second-order valence-corrected chi connectivity index (χ2v) is 10.3. The fourth-order valence-electron chi connectivity index (χ4n) is 4.26. The van der Waals surface area contributed by atoms with E-state index in [9.17, 15) is 22.9 Å². The number of nitrogens with zero attached hydrogens (tertiary/aromatic N) is 4. The molecule has 0 aliphatic carbocycles. The molecule has 0 bridgehead atoms. The molecule has 8 nitrogen and oxygen atoms in total. The van der Waals surface area contributed by atoms with Crippen molar-refractivity contribution >= 4 is 21.7 Å². The third-order valence-corrected chi connectivity index (χ3v) is 8.18. The maximum atomic E-state index is 14.0. The van der Waals surface area contributed by atoms with Gasteiger partial charge in [-0.3, -0.25) is 14.3 Å². The summed E-state index contributed by atoms with van der Waals surface area (Å²) < 4.78 is 42.8. The molecule has 1 aliphatic rings. The molecule has 0 saturated carbocycles. The van der Waals surface area contributed by atoms with Crippen LogP contribution in [-0.4, -0.2) is 60.8 Å². The number of amides is 1. The largest absolute Gasteiger partial charge is 0.310 e. The van der Waals surface area contributed by atoms with E-state index in [4.69, 9.17) is 0 Å². The molecule has 35 heavy (non-hydrogen) atoms. The first-order valence-electron chi connectivity index (χ1n) is 11.2. The van der Waals surface area contributed by atoms with Crippen LogP contribution in [0.3, 0.4) is 0 Å². The van der Waals surface area contributed by atoms with E-state index in [1.54, 1.807) is 0 Å². The fraction of sp³-hybridized carbons (Fsp3) is 0.280. The van der Waals surface area contributed by atoms with E-state index in [-0.39, 0.29) is 30.4 Å². The van der Waals surface area contributed by atoms with E-state index in [2.05, 4.69) is 11.4 Å². The van der Waals surface area contributed by atoms with Gasteiger partial charge >= 0.3 is 0 Å². The number of carbonyl (C=O) groups is 1. The highest BCUT2D eigenvalue weighted by atomic mass is 32.2. The molecule has 0 radical (unpaired) electrons. The molecule has 1 fully saturated rings. The number of halogens is 1. The van der Waals surface area contributed by atoms with Crippen LogP contribution in [0.25, 0.3) is 5.69 Å². The zero-order chi connectivity index (χ0) is 25.2. The van der Waals surface area contributed by atoms with Crippen molar-refractivity contribution in [1.29, 1.82) is 5.26 Å². The molecule has 0 unspecified atom stereocenters. The van der Waals surface area contributed by atoms with E-state index in [1.165, 1.54) is 22.5 Å². The Kier molecular flexibility index (Phi) is 7.03. The molecule has 0 spiro atoms. The molecule has 1 amide bonds. The smallest absolute Gasteiger partial charge is 0.246 e. The van der Waals surface area contributed by atoms with E-state index in [1.807, 2.05) is 53.6 Å². The van der Waals surface area contributed by atoms with Crippen molar-refractivity contribution in [3.05, 3.63) is 77.2 Å². The van der Waals surface area contributed by atoms with Crippen LogP contribution in [0.5, 0.6) is 0 Å². The van der Waals surface area contributed by atoms with Gasteiger partial charge in [0.05, 0.1) is 12.1 Å². The van der Waals surface area contributed by atoms with Crippen LogP contribution in [0.1, 0.15) is 16.8 Å². The number of nitriles is 1. The van der Waals surface area contributed by atoms with Crippen LogP contribution < -0.4 is 5.32 Å². The fourth-order valence-corrected chi connectivity index (χ4v) is 5.74. The van der Waals surface area contributed by atoms with Crippen molar-refractivity contribution in [2.24, 2.45) is 0 Å². The molecule has 0 atom stereocenters. The number of hydrogen-bond donors (Lipinski definition) is 1. The minimum atomic E-state index is -3.95. The third-order valence-electron chi connectivity index (χ3n) is 6.25. The average Bonchev–Trinajstić information content (AvgIpc) is 3.08. The summed E-state index contributed by atoms with van der Waals surface area (Å²) in [4.78, 5) is 14.4. The number of benzene rings is 2. The maximum absolute atomic E-state index is 14.0. The molecule has 4 rings (SSSR count). The highest BCUT2D eigenvalue weighted by Gasteiger charge is 2.31. The standard InChI is InChI=1S/C25H26FN5O3S/c1-18-19(2)31(20-8-4-3-5-9-20)25(21(18)16-27)28-24(32)17-29-12-14-30(15-13-29)35(33,34)23-11-7-6-10-22(23)26/h3-11H,12-15,17H2,1-2H3,(H,28,32). The predicted octanol–water partition coefficient (Wildman–Crippen LogP) is 3.05. The summed E-state index contributed by atoms with van der Waals surface area (Å²) in [6.07, 6.45) is 0. The van der Waals surface area contributed by atoms with Crippen molar-refractivity contribution in [3.63, 3.8) is 0 Å². The minimum Gasteiger partial charge on any atom is -0.310 e. The lowest BCUT2D eigenvalue weighted by Crippen LogP contribution is -2.50. The minimum absolute atomic E-state index is 0.0382. The first-order chi connectivity index (χ1) is 16.7. The normalized spacial score (nSPS) is 15.0. The molecular weight excluding hydrogens is 469 g/mol. The van der Waals surface area contributed by atoms with Crippen molar-refractivity contribution in [2.75, 3.05) is 38.0 Å². The van der Waals surface area contributed by atoms with Gasteiger partial charge in [0.2, 0.25) is 15.9 Å². The Balaban J connectivity index is 1.45. The van der Waals surface area contributed by atoms with Gasteiger partial charge in [-0.05, 0) is 43.7 Å². The summed E-state index contributed by atoms with van der Waals surface area (Å²) >= 11 is 0. The molecule has 2 heterocycles. The van der Waals surface area contributed by atoms with Gasteiger partial charge in [0.15, 0.2) is 0 Å². The van der Waals surface area contributed by atoms with Crippen LogP contribution in [-0.2, 0) is 14.8 Å². The zero-order valence-corrected chi connectivity index (χ0v) is 20.3. The number of sulfonamides is 1. The molecule has 2 aromatic carbocycles. The molecule has 1 saturated heterocycles. The topological polar surface area (TPSA) is 98.4 Å². The van der Waals surface area contributed by atoms with Crippen molar-refractivity contribution in [1.82, 2.24) is 13.8 Å². The van der Waals surface area contributed by atoms with Gasteiger partial charge in [0, 0.05) is 37.6 Å². The lowest BCUT2D eigenvalue weighted by molar-refractivity contribution is -0.117. The number of carbonyl (C=O) groups excluding carboxylic acids is 1. The molecule has 182 valence electrons. The summed E-state index contributed by atoms with van der Waals surface area (Å²) in [6.45, 7) is 4.72. The zero-order valence-electron chi connectivity index (χ0n) is 19.5. The van der Waals surface area contributed by atoms with Gasteiger partial charge in [-0.25, -0.2) is 12.8 Å². The Morgan fingerprint density at radius 1 is 1.03 bits per heavy atom. The summed E-state index contributed by atoms with van der Waals surface area (Å²) in [7, 11) is -3.95. The Morgan fingerprint density at radius 3 is 2.29 bits per heavy atom. The molecule has 3 aromatic rings. The van der Waals surface area contributed by atoms with E-state index >= 15 is 0 Å². The van der Waals surface area contributed by atoms with Gasteiger partial charge in [-0.15, -0.1) is 0 Å². The number of hydrogen-bond acceptors (Lipinski definition) is 5. The van der Waals surface area contributed by atoms with Crippen LogP contribution in [0.15, 0.2) is 59.5 Å². The number of nitrogens with one attached hydrogen (secondary N) is 1. The maximum Gasteiger partial charge on any atom is 0.246 e. The van der Waals surface area contributed by atoms with Crippen molar-refractivity contribution in [3.8, 4) is 11.8 Å². The van der Waals surface area contributed by atoms with Crippen molar-refractivity contribution in [2.45, 2.75) is 18.7 Å². The van der Waals surface area contributed by atoms with Gasteiger partial charge in [0.1, 0.15) is 22.6 Å². The lowest BCUT2D eigenvalue weighted by Gasteiger charge is -2.33. The highest BCUT2D eigenvalue weighted by molar-refractivity contribution is 7.89. The predicted molar refractivity (Wildman–Crippen MR) is 130 cm³/mol. The van der Waals surface area contributed by atoms with Crippen molar-refractivity contribution < 1.29 is 17.6 Å². The average molecular weight is 496 g/mol. The quantitative estimate of drug-likeness (QED) is 0.567. The van der Waals surface area contributed by atoms with Crippen LogP contribution in [0.4, 0.5) is 10.2 Å². The van der Waals surface area contributed by atoms with Gasteiger partial charge < -0.3 is 5.32 Å². The number of piperazine rings is 1. The van der Waals surface area contributed by atoms with Crippen LogP contribution in [0, 0.1) is 31.0 Å². The van der Waals surface area contributed by atoms with E-state index in [0.717, 1.165) is 23.0 Å². The lowest BCUT2D eigenvalue weighted by atomic mass is 10.2. The molecule has 1 aliphatic heterocycles. The number of anilines is 1. The Labute approximate surface area is 204 Å². The number of rotatable bonds is 6. The summed E-state index contributed by atoms with van der Waals surface area (Å²) in [5.74, 6) is -0.671. The number of para-hydroxylation sites is 1. The Bertz CT molecular complexity index is 1390. The second kappa shape index (κ2) is 10.00. The monoisotopic (exact) mass is 495 g/mol. The summed E-state index contributed by atoms with van der Waals surface area (Å²) in [6, 6.07) is 17.0. The van der Waals surface area contributed by atoms with E-state index in [0.29, 0.717) is 24.5 Å². The first kappa shape index (κ1) is 24.6. The van der Waals surface area contributed by atoms with Gasteiger partial charge in [-0.1, -0.05) is 30.3 Å². The molecular formula is C25H26FN5O3S. The molecule has 1 aromatic heterocycles. The van der Waals surface area contributed by atoms with Gasteiger partial charge in [-0.2, -0.15) is 9.57 Å². The number of aromatic nitrogens is 1. The first-order valence-corrected chi connectivity index (χ1v) is 12.6. The molecule has 1 N–H and O–H groups in total. The Hall–Kier alpha value is -3.52. The summed E-state index contributed by atoms with van der Waals surface area (Å²) in [5, 5.41) is 12.6. The SMILES string of the molecule is Cc1c(C#N)c(NC(=O)CN2CCN(S(=O)(=O)c3ccccc3F)CC2)n(-c2ccccc2)c1C. The van der Waals surface area contributed by atoms with Crippen LogP contribution in [0.2, 0.25) is 0 Å². The van der Waals surface area contributed by atoms with Crippen LogP contribution >= 0.6 is 0 Å². The Morgan fingerprint density at radius 2 is 1.66 bits per heavy atom. The molecule has 10 heteroatoms.